The van der Waals surface area contributed by atoms with Crippen LogP contribution in [0.5, 0.6) is 0 Å². The van der Waals surface area contributed by atoms with Crippen LogP contribution >= 0.6 is 46.3 Å². The normalized spacial score (nSPS) is 15.6. The number of aromatic nitrogens is 1. The van der Waals surface area contributed by atoms with Crippen LogP contribution in [0.4, 0.5) is 0 Å². The molecule has 0 spiro atoms. The lowest BCUT2D eigenvalue weighted by atomic mass is 10.2. The van der Waals surface area contributed by atoms with E-state index in [1.165, 1.54) is 11.3 Å². The van der Waals surface area contributed by atoms with Gasteiger partial charge < -0.3 is 4.90 Å². The Labute approximate surface area is 147 Å². The summed E-state index contributed by atoms with van der Waals surface area (Å²) >= 11 is 15.4. The zero-order chi connectivity index (χ0) is 15.5. The second kappa shape index (κ2) is 7.21. The lowest BCUT2D eigenvalue weighted by molar-refractivity contribution is 0.0763. The fourth-order valence-electron chi connectivity index (χ4n) is 2.27. The summed E-state index contributed by atoms with van der Waals surface area (Å²) in [5, 5.41) is 3.69. The molecular formula is C15H14Cl2N2OS2. The van der Waals surface area contributed by atoms with Gasteiger partial charge in [0.05, 0.1) is 5.02 Å². The van der Waals surface area contributed by atoms with Crippen LogP contribution in [0.1, 0.15) is 16.9 Å². The highest BCUT2D eigenvalue weighted by atomic mass is 35.5. The molecule has 2 aromatic rings. The third kappa shape index (κ3) is 3.59. The van der Waals surface area contributed by atoms with Gasteiger partial charge in [-0.3, -0.25) is 4.79 Å². The third-order valence-electron chi connectivity index (χ3n) is 3.39. The molecule has 1 aliphatic heterocycles. The van der Waals surface area contributed by atoms with Crippen LogP contribution in [0.25, 0.3) is 10.6 Å². The van der Waals surface area contributed by atoms with Crippen LogP contribution in [0.15, 0.2) is 23.6 Å². The third-order valence-corrected chi connectivity index (χ3v) is 5.87. The molecule has 7 heteroatoms. The van der Waals surface area contributed by atoms with E-state index in [4.69, 9.17) is 23.2 Å². The Balaban J connectivity index is 1.82. The summed E-state index contributed by atoms with van der Waals surface area (Å²) in [5.74, 6) is 2.12. The first-order chi connectivity index (χ1) is 10.6. The summed E-state index contributed by atoms with van der Waals surface area (Å²) < 4.78 is 0. The number of nitrogens with zero attached hydrogens (tertiary/aromatic N) is 2. The van der Waals surface area contributed by atoms with Gasteiger partial charge in [0.2, 0.25) is 0 Å². The van der Waals surface area contributed by atoms with Gasteiger partial charge in [-0.25, -0.2) is 4.98 Å². The lowest BCUT2D eigenvalue weighted by Gasteiger charge is -2.18. The molecule has 1 fully saturated rings. The minimum absolute atomic E-state index is 0.00934. The zero-order valence-corrected chi connectivity index (χ0v) is 14.9. The van der Waals surface area contributed by atoms with Crippen molar-refractivity contribution < 1.29 is 4.79 Å². The van der Waals surface area contributed by atoms with Crippen molar-refractivity contribution in [2.75, 3.05) is 24.6 Å². The molecule has 0 aliphatic carbocycles. The van der Waals surface area contributed by atoms with E-state index in [1.54, 1.807) is 17.5 Å². The first-order valence-electron chi connectivity index (χ1n) is 6.93. The van der Waals surface area contributed by atoms with Gasteiger partial charge in [-0.1, -0.05) is 23.2 Å². The predicted octanol–water partition coefficient (Wildman–Crippen LogP) is 4.70. The average Bonchev–Trinajstić information content (AvgIpc) is 2.81. The van der Waals surface area contributed by atoms with E-state index in [0.717, 1.165) is 41.6 Å². The number of thiazole rings is 1. The Morgan fingerprint density at radius 3 is 2.91 bits per heavy atom. The standard InChI is InChI=1S/C15H14Cl2N2OS2/c16-10-2-3-11(12(17)8-10)14-18-13(9-22-14)15(20)19-4-1-6-21-7-5-19/h2-3,8-9H,1,4-7H2. The summed E-state index contributed by atoms with van der Waals surface area (Å²) in [5.41, 5.74) is 1.31. The molecule has 22 heavy (non-hydrogen) atoms. The fourth-order valence-corrected chi connectivity index (χ4v) is 4.54. The minimum atomic E-state index is 0.00934. The zero-order valence-electron chi connectivity index (χ0n) is 11.7. The molecule has 2 heterocycles. The van der Waals surface area contributed by atoms with Crippen LogP contribution in [0.3, 0.4) is 0 Å². The van der Waals surface area contributed by atoms with Gasteiger partial charge in [-0.2, -0.15) is 11.8 Å². The Kier molecular flexibility index (Phi) is 5.29. The SMILES string of the molecule is O=C(c1csc(-c2ccc(Cl)cc2Cl)n1)N1CCCSCC1. The summed E-state index contributed by atoms with van der Waals surface area (Å²) in [4.78, 5) is 18.9. The van der Waals surface area contributed by atoms with Crippen molar-refractivity contribution in [3.8, 4) is 10.6 Å². The highest BCUT2D eigenvalue weighted by Crippen LogP contribution is 2.32. The lowest BCUT2D eigenvalue weighted by Crippen LogP contribution is -2.33. The Morgan fingerprint density at radius 1 is 1.23 bits per heavy atom. The number of benzene rings is 1. The molecule has 1 aromatic heterocycles. The number of hydrogen-bond donors (Lipinski definition) is 0. The first kappa shape index (κ1) is 16.1. The molecular weight excluding hydrogens is 359 g/mol. The highest BCUT2D eigenvalue weighted by molar-refractivity contribution is 7.99. The monoisotopic (exact) mass is 372 g/mol. The summed E-state index contributed by atoms with van der Waals surface area (Å²) in [6.45, 7) is 1.60. The second-order valence-corrected chi connectivity index (χ2v) is 7.85. The van der Waals surface area contributed by atoms with Gasteiger partial charge >= 0.3 is 0 Å². The maximum Gasteiger partial charge on any atom is 0.273 e. The fraction of sp³-hybridized carbons (Fsp3) is 0.333. The van der Waals surface area contributed by atoms with Gasteiger partial charge in [0.1, 0.15) is 10.7 Å². The molecule has 0 unspecified atom stereocenters. The van der Waals surface area contributed by atoms with E-state index in [9.17, 15) is 4.79 Å². The van der Waals surface area contributed by atoms with Crippen molar-refractivity contribution in [1.29, 1.82) is 0 Å². The molecule has 0 atom stereocenters. The van der Waals surface area contributed by atoms with E-state index in [2.05, 4.69) is 4.98 Å². The molecule has 0 N–H and O–H groups in total. The molecule has 3 rings (SSSR count). The summed E-state index contributed by atoms with van der Waals surface area (Å²) in [6.07, 6.45) is 1.04. The molecule has 0 bridgehead atoms. The van der Waals surface area contributed by atoms with Crippen LogP contribution in [-0.4, -0.2) is 40.4 Å². The molecule has 0 radical (unpaired) electrons. The van der Waals surface area contributed by atoms with Gasteiger partial charge in [0.15, 0.2) is 0 Å². The maximum absolute atomic E-state index is 12.5. The molecule has 1 amide bonds. The van der Waals surface area contributed by atoms with Crippen LogP contribution in [0, 0.1) is 0 Å². The molecule has 116 valence electrons. The quantitative estimate of drug-likeness (QED) is 0.765. The van der Waals surface area contributed by atoms with E-state index in [1.807, 2.05) is 22.7 Å². The smallest absolute Gasteiger partial charge is 0.273 e. The maximum atomic E-state index is 12.5. The Morgan fingerprint density at radius 2 is 2.09 bits per heavy atom. The predicted molar refractivity (Wildman–Crippen MR) is 95.4 cm³/mol. The Hall–Kier alpha value is -0.750. The molecule has 0 saturated carbocycles. The Bertz CT molecular complexity index is 682. The molecule has 1 aromatic carbocycles. The first-order valence-corrected chi connectivity index (χ1v) is 9.72. The van der Waals surface area contributed by atoms with E-state index in [-0.39, 0.29) is 5.91 Å². The van der Waals surface area contributed by atoms with E-state index >= 15 is 0 Å². The van der Waals surface area contributed by atoms with Gasteiger partial charge in [0, 0.05) is 34.8 Å². The highest BCUT2D eigenvalue weighted by Gasteiger charge is 2.20. The number of carbonyl (C=O) groups excluding carboxylic acids is 1. The second-order valence-electron chi connectivity index (χ2n) is 4.92. The van der Waals surface area contributed by atoms with E-state index in [0.29, 0.717) is 15.7 Å². The van der Waals surface area contributed by atoms with Crippen LogP contribution in [-0.2, 0) is 0 Å². The van der Waals surface area contributed by atoms with Crippen LogP contribution in [0.2, 0.25) is 10.0 Å². The largest absolute Gasteiger partial charge is 0.336 e. The molecule has 1 saturated heterocycles. The summed E-state index contributed by atoms with van der Waals surface area (Å²) in [6, 6.07) is 5.30. The number of amides is 1. The topological polar surface area (TPSA) is 33.2 Å². The number of halogens is 2. The van der Waals surface area contributed by atoms with Gasteiger partial charge in [0.25, 0.3) is 5.91 Å². The minimum Gasteiger partial charge on any atom is -0.336 e. The number of hydrogen-bond acceptors (Lipinski definition) is 4. The molecule has 3 nitrogen and oxygen atoms in total. The van der Waals surface area contributed by atoms with Crippen molar-refractivity contribution in [1.82, 2.24) is 9.88 Å². The van der Waals surface area contributed by atoms with Gasteiger partial charge in [-0.15, -0.1) is 11.3 Å². The number of thioether (sulfide) groups is 1. The van der Waals surface area contributed by atoms with Gasteiger partial charge in [-0.05, 0) is 30.4 Å². The van der Waals surface area contributed by atoms with E-state index < -0.39 is 0 Å². The van der Waals surface area contributed by atoms with Crippen molar-refractivity contribution in [3.05, 3.63) is 39.3 Å². The number of carbonyl (C=O) groups is 1. The average molecular weight is 373 g/mol. The van der Waals surface area contributed by atoms with Crippen molar-refractivity contribution in [3.63, 3.8) is 0 Å². The van der Waals surface area contributed by atoms with Crippen molar-refractivity contribution in [2.45, 2.75) is 6.42 Å². The van der Waals surface area contributed by atoms with Crippen LogP contribution < -0.4 is 0 Å². The van der Waals surface area contributed by atoms with Crippen molar-refractivity contribution >= 4 is 52.2 Å². The number of rotatable bonds is 2. The molecule has 1 aliphatic rings. The van der Waals surface area contributed by atoms with Crippen molar-refractivity contribution in [2.24, 2.45) is 0 Å². The summed E-state index contributed by atoms with van der Waals surface area (Å²) in [7, 11) is 0.